The lowest BCUT2D eigenvalue weighted by atomic mass is 10.0. The number of benzene rings is 1. The third-order valence-electron chi connectivity index (χ3n) is 2.67. The van der Waals surface area contributed by atoms with E-state index >= 15 is 0 Å². The summed E-state index contributed by atoms with van der Waals surface area (Å²) in [6.07, 6.45) is 2.41. The van der Waals surface area contributed by atoms with E-state index < -0.39 is 0 Å². The van der Waals surface area contributed by atoms with Crippen LogP contribution in [-0.4, -0.2) is 6.54 Å². The Hall–Kier alpha value is -0.210. The van der Waals surface area contributed by atoms with Crippen molar-refractivity contribution in [3.05, 3.63) is 27.7 Å². The molecule has 0 aliphatic heterocycles. The summed E-state index contributed by atoms with van der Waals surface area (Å²) < 4.78 is 1.01. The van der Waals surface area contributed by atoms with Crippen LogP contribution in [-0.2, 0) is 0 Å². The minimum absolute atomic E-state index is 0.727. The first-order chi connectivity index (χ1) is 7.17. The lowest BCUT2D eigenvalue weighted by Crippen LogP contribution is -2.12. The van der Waals surface area contributed by atoms with Crippen LogP contribution in [0.25, 0.3) is 0 Å². The van der Waals surface area contributed by atoms with Gasteiger partial charge in [-0.25, -0.2) is 0 Å². The molecular formula is C12H17BrClN. The summed E-state index contributed by atoms with van der Waals surface area (Å²) in [6, 6.07) is 5.92. The fraction of sp³-hybridized carbons (Fsp3) is 0.500. The summed E-state index contributed by atoms with van der Waals surface area (Å²) in [7, 11) is 0. The zero-order valence-corrected chi connectivity index (χ0v) is 11.5. The maximum absolute atomic E-state index is 6.11. The third-order valence-corrected chi connectivity index (χ3v) is 3.47. The van der Waals surface area contributed by atoms with Gasteiger partial charge in [0.2, 0.25) is 0 Å². The first-order valence-electron chi connectivity index (χ1n) is 5.36. The van der Waals surface area contributed by atoms with Crippen molar-refractivity contribution in [2.75, 3.05) is 11.9 Å². The fourth-order valence-electron chi connectivity index (χ4n) is 1.46. The van der Waals surface area contributed by atoms with Gasteiger partial charge in [0.05, 0.1) is 10.7 Å². The summed E-state index contributed by atoms with van der Waals surface area (Å²) in [5.41, 5.74) is 1.02. The molecule has 0 saturated carbocycles. The normalized spacial score (nSPS) is 10.7. The van der Waals surface area contributed by atoms with Gasteiger partial charge in [0.1, 0.15) is 0 Å². The van der Waals surface area contributed by atoms with Gasteiger partial charge >= 0.3 is 0 Å². The number of anilines is 1. The summed E-state index contributed by atoms with van der Waals surface area (Å²) >= 11 is 9.50. The zero-order chi connectivity index (χ0) is 11.3. The molecule has 15 heavy (non-hydrogen) atoms. The van der Waals surface area contributed by atoms with E-state index in [4.69, 9.17) is 11.6 Å². The molecule has 1 nitrogen and oxygen atoms in total. The molecule has 0 heterocycles. The molecule has 0 aromatic heterocycles. The van der Waals surface area contributed by atoms with Crippen molar-refractivity contribution in [3.8, 4) is 0 Å². The maximum atomic E-state index is 6.11. The summed E-state index contributed by atoms with van der Waals surface area (Å²) in [5, 5.41) is 4.16. The minimum atomic E-state index is 0.727. The molecule has 1 aromatic rings. The molecular weight excluding hydrogens is 273 g/mol. The van der Waals surface area contributed by atoms with Crippen LogP contribution in [0.15, 0.2) is 22.7 Å². The van der Waals surface area contributed by atoms with Gasteiger partial charge in [-0.2, -0.15) is 0 Å². The smallest absolute Gasteiger partial charge is 0.0648 e. The van der Waals surface area contributed by atoms with Gasteiger partial charge in [-0.1, -0.05) is 54.2 Å². The zero-order valence-electron chi connectivity index (χ0n) is 9.19. The lowest BCUT2D eigenvalue weighted by Gasteiger charge is -2.15. The number of nitrogens with one attached hydrogen (secondary N) is 1. The predicted molar refractivity (Wildman–Crippen MR) is 71.7 cm³/mol. The number of hydrogen-bond acceptors (Lipinski definition) is 1. The number of halogens is 2. The van der Waals surface area contributed by atoms with Crippen molar-refractivity contribution in [1.29, 1.82) is 0 Å². The maximum Gasteiger partial charge on any atom is 0.0648 e. The van der Waals surface area contributed by atoms with E-state index in [0.717, 1.165) is 27.6 Å². The largest absolute Gasteiger partial charge is 0.384 e. The number of hydrogen-bond donors (Lipinski definition) is 1. The highest BCUT2D eigenvalue weighted by Crippen LogP contribution is 2.26. The van der Waals surface area contributed by atoms with Gasteiger partial charge in [-0.05, 0) is 24.1 Å². The van der Waals surface area contributed by atoms with Crippen LogP contribution in [0.2, 0.25) is 5.02 Å². The quantitative estimate of drug-likeness (QED) is 0.809. The van der Waals surface area contributed by atoms with Gasteiger partial charge in [0.15, 0.2) is 0 Å². The molecule has 0 aliphatic carbocycles. The van der Waals surface area contributed by atoms with Crippen molar-refractivity contribution >= 4 is 33.2 Å². The molecule has 1 rings (SSSR count). The SMILES string of the molecule is CCC(CC)CNc1ccc(Br)cc1Cl. The summed E-state index contributed by atoms with van der Waals surface area (Å²) in [6.45, 7) is 5.44. The Balaban J connectivity index is 2.57. The van der Waals surface area contributed by atoms with Crippen LogP contribution < -0.4 is 5.32 Å². The molecule has 0 saturated heterocycles. The second-order valence-corrected chi connectivity index (χ2v) is 5.01. The first kappa shape index (κ1) is 12.9. The van der Waals surface area contributed by atoms with E-state index in [1.807, 2.05) is 18.2 Å². The molecule has 0 radical (unpaired) electrons. The first-order valence-corrected chi connectivity index (χ1v) is 6.53. The van der Waals surface area contributed by atoms with Crippen LogP contribution >= 0.6 is 27.5 Å². The molecule has 1 N–H and O–H groups in total. The van der Waals surface area contributed by atoms with Gasteiger partial charge < -0.3 is 5.32 Å². The van der Waals surface area contributed by atoms with Crippen LogP contribution in [0.4, 0.5) is 5.69 Å². The van der Waals surface area contributed by atoms with Gasteiger partial charge in [-0.3, -0.25) is 0 Å². The standard InChI is InChI=1S/C12H17BrClN/c1-3-9(4-2)8-15-12-6-5-10(13)7-11(12)14/h5-7,9,15H,3-4,8H2,1-2H3. The van der Waals surface area contributed by atoms with Crippen molar-refractivity contribution in [3.63, 3.8) is 0 Å². The average molecular weight is 291 g/mol. The molecule has 3 heteroatoms. The fourth-order valence-corrected chi connectivity index (χ4v) is 2.20. The molecule has 0 aliphatic rings. The van der Waals surface area contributed by atoms with E-state index in [2.05, 4.69) is 35.1 Å². The highest BCUT2D eigenvalue weighted by Gasteiger charge is 2.05. The predicted octanol–water partition coefficient (Wildman–Crippen LogP) is 4.95. The van der Waals surface area contributed by atoms with E-state index in [1.54, 1.807) is 0 Å². The highest BCUT2D eigenvalue weighted by molar-refractivity contribution is 9.10. The third kappa shape index (κ3) is 4.04. The molecule has 1 aromatic carbocycles. The van der Waals surface area contributed by atoms with Gasteiger partial charge in [-0.15, -0.1) is 0 Å². The van der Waals surface area contributed by atoms with E-state index in [9.17, 15) is 0 Å². The molecule has 0 bridgehead atoms. The Kier molecular flexibility index (Phi) is 5.48. The Labute approximate surface area is 105 Å². The van der Waals surface area contributed by atoms with Crippen LogP contribution in [0.5, 0.6) is 0 Å². The van der Waals surface area contributed by atoms with Crippen LogP contribution in [0.3, 0.4) is 0 Å². The van der Waals surface area contributed by atoms with Crippen LogP contribution in [0.1, 0.15) is 26.7 Å². The van der Waals surface area contributed by atoms with E-state index in [0.29, 0.717) is 0 Å². The Morgan fingerprint density at radius 3 is 2.53 bits per heavy atom. The molecule has 0 atom stereocenters. The Morgan fingerprint density at radius 2 is 2.00 bits per heavy atom. The van der Waals surface area contributed by atoms with Crippen molar-refractivity contribution < 1.29 is 0 Å². The van der Waals surface area contributed by atoms with Crippen molar-refractivity contribution in [1.82, 2.24) is 0 Å². The molecule has 84 valence electrons. The topological polar surface area (TPSA) is 12.0 Å². The summed E-state index contributed by atoms with van der Waals surface area (Å²) in [5.74, 6) is 0.727. The van der Waals surface area contributed by atoms with E-state index in [1.165, 1.54) is 12.8 Å². The molecule has 0 spiro atoms. The monoisotopic (exact) mass is 289 g/mol. The van der Waals surface area contributed by atoms with Crippen LogP contribution in [0, 0.1) is 5.92 Å². The van der Waals surface area contributed by atoms with Crippen molar-refractivity contribution in [2.45, 2.75) is 26.7 Å². The Morgan fingerprint density at radius 1 is 1.33 bits per heavy atom. The number of rotatable bonds is 5. The second-order valence-electron chi connectivity index (χ2n) is 3.69. The average Bonchev–Trinajstić information content (AvgIpc) is 2.22. The Bertz CT molecular complexity index is 310. The van der Waals surface area contributed by atoms with Gasteiger partial charge in [0, 0.05) is 11.0 Å². The van der Waals surface area contributed by atoms with E-state index in [-0.39, 0.29) is 0 Å². The molecule has 0 amide bonds. The van der Waals surface area contributed by atoms with Crippen molar-refractivity contribution in [2.24, 2.45) is 5.92 Å². The summed E-state index contributed by atoms with van der Waals surface area (Å²) in [4.78, 5) is 0. The molecule has 0 fully saturated rings. The minimum Gasteiger partial charge on any atom is -0.384 e. The molecule has 0 unspecified atom stereocenters. The lowest BCUT2D eigenvalue weighted by molar-refractivity contribution is 0.519. The highest BCUT2D eigenvalue weighted by atomic mass is 79.9. The second kappa shape index (κ2) is 6.39. The van der Waals surface area contributed by atoms with Gasteiger partial charge in [0.25, 0.3) is 0 Å².